The Labute approximate surface area is 223 Å². The number of ether oxygens (including phenoxy) is 1. The van der Waals surface area contributed by atoms with Crippen LogP contribution in [0, 0.1) is 11.3 Å². The molecule has 2 fully saturated rings. The van der Waals surface area contributed by atoms with Crippen LogP contribution in [0.3, 0.4) is 0 Å². The van der Waals surface area contributed by atoms with Crippen molar-refractivity contribution < 1.29 is 14.6 Å². The van der Waals surface area contributed by atoms with E-state index in [4.69, 9.17) is 16.2 Å². The molecule has 1 atom stereocenters. The lowest BCUT2D eigenvalue weighted by atomic mass is 9.72. The van der Waals surface area contributed by atoms with Crippen molar-refractivity contribution in [2.75, 3.05) is 48.8 Å². The lowest BCUT2D eigenvalue weighted by Crippen LogP contribution is -2.72. The maximum atomic E-state index is 12.3. The van der Waals surface area contributed by atoms with Gasteiger partial charge in [0.25, 0.3) is 0 Å². The topological polar surface area (TPSA) is 123 Å². The van der Waals surface area contributed by atoms with Gasteiger partial charge in [0, 0.05) is 67.3 Å². The highest BCUT2D eigenvalue weighted by molar-refractivity contribution is 5.86. The SMILES string of the molecule is COC(=O)C(c1cc(N2CC3(CN(c4ccc(/C=C(\N)c5ccccc5O)c(N)c4)C3)C2)n(C)n1)C(C)C. The Bertz CT molecular complexity index is 1380. The molecule has 3 heterocycles. The Balaban J connectivity index is 1.22. The van der Waals surface area contributed by atoms with Crippen molar-refractivity contribution in [3.8, 4) is 5.75 Å². The van der Waals surface area contributed by atoms with E-state index in [2.05, 4.69) is 21.0 Å². The van der Waals surface area contributed by atoms with Crippen LogP contribution in [-0.4, -0.2) is 54.1 Å². The van der Waals surface area contributed by atoms with Crippen molar-refractivity contribution in [3.63, 3.8) is 0 Å². The summed E-state index contributed by atoms with van der Waals surface area (Å²) in [5.74, 6) is 0.653. The number of phenolic OH excluding ortho intramolecular Hbond substituents is 1. The lowest BCUT2D eigenvalue weighted by molar-refractivity contribution is -0.143. The quantitative estimate of drug-likeness (QED) is 0.248. The van der Waals surface area contributed by atoms with Gasteiger partial charge in [-0.15, -0.1) is 0 Å². The molecule has 9 nitrogen and oxygen atoms in total. The van der Waals surface area contributed by atoms with E-state index in [1.807, 2.05) is 49.8 Å². The molecule has 200 valence electrons. The van der Waals surface area contributed by atoms with E-state index in [1.54, 1.807) is 24.3 Å². The summed E-state index contributed by atoms with van der Waals surface area (Å²) in [6.45, 7) is 7.83. The molecule has 5 N–H and O–H groups in total. The molecule has 1 aromatic heterocycles. The Morgan fingerprint density at radius 2 is 1.79 bits per heavy atom. The summed E-state index contributed by atoms with van der Waals surface area (Å²) >= 11 is 0. The molecule has 5 rings (SSSR count). The summed E-state index contributed by atoms with van der Waals surface area (Å²) in [5.41, 5.74) is 17.2. The number of aromatic hydroxyl groups is 1. The largest absolute Gasteiger partial charge is 0.507 e. The molecule has 2 aliphatic heterocycles. The molecule has 9 heteroatoms. The number of aryl methyl sites for hydroxylation is 1. The van der Waals surface area contributed by atoms with Crippen molar-refractivity contribution in [2.24, 2.45) is 24.1 Å². The number of carbonyl (C=O) groups excluding carboxylic acids is 1. The van der Waals surface area contributed by atoms with E-state index in [-0.39, 0.29) is 29.0 Å². The van der Waals surface area contributed by atoms with Crippen molar-refractivity contribution >= 4 is 34.9 Å². The van der Waals surface area contributed by atoms with Crippen LogP contribution in [0.25, 0.3) is 11.8 Å². The first-order chi connectivity index (χ1) is 18.1. The van der Waals surface area contributed by atoms with Crippen LogP contribution < -0.4 is 21.3 Å². The van der Waals surface area contributed by atoms with Crippen LogP contribution in [-0.2, 0) is 16.6 Å². The van der Waals surface area contributed by atoms with Crippen LogP contribution >= 0.6 is 0 Å². The van der Waals surface area contributed by atoms with E-state index >= 15 is 0 Å². The van der Waals surface area contributed by atoms with Crippen LogP contribution in [0.1, 0.15) is 36.6 Å². The van der Waals surface area contributed by atoms with E-state index < -0.39 is 0 Å². The first-order valence-electron chi connectivity index (χ1n) is 12.9. The molecule has 0 aliphatic carbocycles. The van der Waals surface area contributed by atoms with Gasteiger partial charge >= 0.3 is 5.97 Å². The molecule has 1 unspecified atom stereocenters. The number of benzene rings is 2. The van der Waals surface area contributed by atoms with Gasteiger partial charge in [-0.3, -0.25) is 9.48 Å². The van der Waals surface area contributed by atoms with Crippen LogP contribution in [0.2, 0.25) is 0 Å². The Hall–Kier alpha value is -4.14. The molecule has 1 spiro atoms. The first-order valence-corrected chi connectivity index (χ1v) is 12.9. The third-order valence-corrected chi connectivity index (χ3v) is 7.71. The van der Waals surface area contributed by atoms with Gasteiger partial charge in [-0.1, -0.05) is 32.0 Å². The van der Waals surface area contributed by atoms with Crippen molar-refractivity contribution in [3.05, 3.63) is 65.4 Å². The van der Waals surface area contributed by atoms with Crippen LogP contribution in [0.5, 0.6) is 5.75 Å². The molecular weight excluding hydrogens is 480 g/mol. The summed E-state index contributed by atoms with van der Waals surface area (Å²) < 4.78 is 6.88. The van der Waals surface area contributed by atoms with Gasteiger partial charge in [0.1, 0.15) is 17.5 Å². The fourth-order valence-corrected chi connectivity index (χ4v) is 5.71. The number of carbonyl (C=O) groups is 1. The smallest absolute Gasteiger partial charge is 0.315 e. The number of nitrogens with zero attached hydrogens (tertiary/aromatic N) is 4. The van der Waals surface area contributed by atoms with Gasteiger partial charge < -0.3 is 31.1 Å². The van der Waals surface area contributed by atoms with Crippen LogP contribution in [0.15, 0.2) is 48.5 Å². The van der Waals surface area contributed by atoms with Gasteiger partial charge in [-0.25, -0.2) is 0 Å². The number of para-hydroxylation sites is 1. The Morgan fingerprint density at radius 3 is 2.42 bits per heavy atom. The van der Waals surface area contributed by atoms with Gasteiger partial charge in [-0.2, -0.15) is 5.10 Å². The minimum atomic E-state index is -0.369. The van der Waals surface area contributed by atoms with Gasteiger partial charge in [0.05, 0.1) is 12.8 Å². The second-order valence-electron chi connectivity index (χ2n) is 10.9. The Kier molecular flexibility index (Phi) is 6.46. The van der Waals surface area contributed by atoms with Gasteiger partial charge in [0.2, 0.25) is 0 Å². The number of hydrogen-bond acceptors (Lipinski definition) is 8. The third-order valence-electron chi connectivity index (χ3n) is 7.71. The highest BCUT2D eigenvalue weighted by Gasteiger charge is 2.52. The van der Waals surface area contributed by atoms with E-state index in [1.165, 1.54) is 7.11 Å². The fraction of sp³-hybridized carbons (Fsp3) is 0.379. The summed E-state index contributed by atoms with van der Waals surface area (Å²) in [7, 11) is 3.35. The number of hydrogen-bond donors (Lipinski definition) is 3. The molecule has 2 saturated heterocycles. The third kappa shape index (κ3) is 4.53. The van der Waals surface area contributed by atoms with Gasteiger partial charge in [0.15, 0.2) is 0 Å². The average molecular weight is 517 g/mol. The second-order valence-corrected chi connectivity index (χ2v) is 10.9. The predicted octanol–water partition coefficient (Wildman–Crippen LogP) is 3.40. The highest BCUT2D eigenvalue weighted by atomic mass is 16.5. The number of anilines is 3. The van der Waals surface area contributed by atoms with E-state index in [0.717, 1.165) is 48.9 Å². The van der Waals surface area contributed by atoms with E-state index in [9.17, 15) is 9.90 Å². The maximum absolute atomic E-state index is 12.3. The zero-order chi connectivity index (χ0) is 27.2. The zero-order valence-corrected chi connectivity index (χ0v) is 22.4. The number of rotatable bonds is 7. The molecule has 0 amide bonds. The van der Waals surface area contributed by atoms with Crippen molar-refractivity contribution in [1.82, 2.24) is 9.78 Å². The minimum absolute atomic E-state index is 0.101. The normalized spacial score (nSPS) is 17.3. The number of esters is 1. The van der Waals surface area contributed by atoms with Crippen molar-refractivity contribution in [2.45, 2.75) is 19.8 Å². The van der Waals surface area contributed by atoms with Gasteiger partial charge in [-0.05, 0) is 41.8 Å². The first kappa shape index (κ1) is 25.5. The number of aromatic nitrogens is 2. The molecule has 3 aromatic rings. The molecule has 38 heavy (non-hydrogen) atoms. The summed E-state index contributed by atoms with van der Waals surface area (Å²) in [5, 5.41) is 14.7. The highest BCUT2D eigenvalue weighted by Crippen LogP contribution is 2.44. The fourth-order valence-electron chi connectivity index (χ4n) is 5.71. The van der Waals surface area contributed by atoms with Crippen molar-refractivity contribution in [1.29, 1.82) is 0 Å². The minimum Gasteiger partial charge on any atom is -0.507 e. The predicted molar refractivity (Wildman–Crippen MR) is 151 cm³/mol. The van der Waals surface area contributed by atoms with Crippen LogP contribution in [0.4, 0.5) is 17.2 Å². The monoisotopic (exact) mass is 516 g/mol. The summed E-state index contributed by atoms with van der Waals surface area (Å²) in [4.78, 5) is 17.0. The standard InChI is InChI=1S/C29H36N6O3/c1-18(2)27(28(37)38-4)24-13-26(33(3)32-24)35-16-29(17-35)14-34(15-29)20-10-9-19(22(30)12-20)11-23(31)21-7-5-6-8-25(21)36/h5-13,18,27,36H,14-17,30-31H2,1-4H3/b23-11-. The second kappa shape index (κ2) is 9.63. The number of phenols is 1. The molecule has 0 radical (unpaired) electrons. The Morgan fingerprint density at radius 1 is 1.11 bits per heavy atom. The lowest BCUT2D eigenvalue weighted by Gasteiger charge is -2.61. The molecule has 2 aliphatic rings. The number of methoxy groups -OCH3 is 1. The number of nitrogens with two attached hydrogens (primary N) is 2. The summed E-state index contributed by atoms with van der Waals surface area (Å²) in [6.07, 6.45) is 1.79. The molecule has 2 aromatic carbocycles. The van der Waals surface area contributed by atoms with E-state index in [0.29, 0.717) is 16.9 Å². The average Bonchev–Trinajstić information content (AvgIpc) is 3.19. The molecule has 0 saturated carbocycles. The number of nitrogen functional groups attached to an aromatic ring is 1. The zero-order valence-electron chi connectivity index (χ0n) is 22.4. The molecular formula is C29H36N6O3. The molecule has 0 bridgehead atoms. The maximum Gasteiger partial charge on any atom is 0.315 e. The summed E-state index contributed by atoms with van der Waals surface area (Å²) in [6, 6.07) is 15.0.